The van der Waals surface area contributed by atoms with Crippen LogP contribution in [0.15, 0.2) is 60.7 Å². The Morgan fingerprint density at radius 3 is 2.24 bits per heavy atom. The molecule has 2 aliphatic heterocycles. The predicted octanol–water partition coefficient (Wildman–Crippen LogP) is 3.47. The van der Waals surface area contributed by atoms with Gasteiger partial charge in [0.15, 0.2) is 0 Å². The predicted molar refractivity (Wildman–Crippen MR) is 139 cm³/mol. The molecule has 0 spiro atoms. The van der Waals surface area contributed by atoms with Crippen LogP contribution in [0.25, 0.3) is 5.57 Å². The lowest BCUT2D eigenvalue weighted by Crippen LogP contribution is -2.52. The SMILES string of the molecule is COC(=O)C1(CS(=O)(=O)N2CC=C(c3ccccc3)CC2)CCN(C(=O)Oc2ccc([N+](=O)[O-])cc2)CC1. The highest BCUT2D eigenvalue weighted by atomic mass is 32.2. The standard InChI is InChI=1S/C26H29N3O8S/c1-36-24(30)26(19-38(34,35)28-15-11-21(12-16-28)20-5-3-2-4-6-20)13-17-27(18-14-26)25(31)37-23-9-7-22(8-10-23)29(32)33/h2-11H,12-19H2,1H3. The molecule has 0 aromatic heterocycles. The lowest BCUT2D eigenvalue weighted by Gasteiger charge is -2.40. The van der Waals surface area contributed by atoms with Crippen molar-refractivity contribution in [3.8, 4) is 5.75 Å². The molecule has 0 bridgehead atoms. The van der Waals surface area contributed by atoms with Gasteiger partial charge in [-0.3, -0.25) is 14.9 Å². The summed E-state index contributed by atoms with van der Waals surface area (Å²) in [6, 6.07) is 14.9. The first-order chi connectivity index (χ1) is 18.1. The van der Waals surface area contributed by atoms with E-state index < -0.39 is 38.2 Å². The van der Waals surface area contributed by atoms with Gasteiger partial charge in [-0.05, 0) is 42.5 Å². The molecule has 1 fully saturated rings. The number of nitrogens with zero attached hydrogens (tertiary/aromatic N) is 3. The van der Waals surface area contributed by atoms with Crippen molar-refractivity contribution in [1.82, 2.24) is 9.21 Å². The molecule has 38 heavy (non-hydrogen) atoms. The number of piperidine rings is 1. The molecule has 2 aromatic carbocycles. The van der Waals surface area contributed by atoms with E-state index in [1.807, 2.05) is 36.4 Å². The molecule has 0 atom stereocenters. The van der Waals surface area contributed by atoms with Gasteiger partial charge >= 0.3 is 12.1 Å². The topological polar surface area (TPSA) is 136 Å². The molecule has 1 saturated heterocycles. The van der Waals surface area contributed by atoms with Gasteiger partial charge in [-0.1, -0.05) is 36.4 Å². The summed E-state index contributed by atoms with van der Waals surface area (Å²) in [6.07, 6.45) is 1.96. The number of methoxy groups -OCH3 is 1. The van der Waals surface area contributed by atoms with Crippen molar-refractivity contribution in [3.63, 3.8) is 0 Å². The number of rotatable bonds is 7. The highest BCUT2D eigenvalue weighted by molar-refractivity contribution is 7.89. The molecular formula is C26H29N3O8S. The van der Waals surface area contributed by atoms with E-state index in [4.69, 9.17) is 9.47 Å². The number of nitro groups is 1. The number of carbonyl (C=O) groups excluding carboxylic acids is 2. The smallest absolute Gasteiger partial charge is 0.415 e. The zero-order valence-corrected chi connectivity index (χ0v) is 21.8. The second-order valence-electron chi connectivity index (χ2n) is 9.34. The Morgan fingerprint density at radius 2 is 1.68 bits per heavy atom. The summed E-state index contributed by atoms with van der Waals surface area (Å²) >= 11 is 0. The van der Waals surface area contributed by atoms with Crippen molar-refractivity contribution in [2.45, 2.75) is 19.3 Å². The van der Waals surface area contributed by atoms with Crippen LogP contribution in [0.1, 0.15) is 24.8 Å². The number of hydrogen-bond donors (Lipinski definition) is 0. The van der Waals surface area contributed by atoms with Crippen LogP contribution in [0.3, 0.4) is 0 Å². The summed E-state index contributed by atoms with van der Waals surface area (Å²) < 4.78 is 38.5. The third-order valence-corrected chi connectivity index (χ3v) is 9.05. The zero-order valence-electron chi connectivity index (χ0n) is 20.9. The van der Waals surface area contributed by atoms with Crippen molar-refractivity contribution >= 4 is 33.3 Å². The van der Waals surface area contributed by atoms with E-state index in [0.29, 0.717) is 13.0 Å². The Labute approximate surface area is 220 Å². The quantitative estimate of drug-likeness (QED) is 0.294. The molecule has 202 valence electrons. The number of amides is 1. The number of esters is 1. The van der Waals surface area contributed by atoms with Gasteiger partial charge in [-0.25, -0.2) is 13.2 Å². The fourth-order valence-corrected chi connectivity index (χ4v) is 6.76. The molecular weight excluding hydrogens is 514 g/mol. The third-order valence-electron chi connectivity index (χ3n) is 7.02. The van der Waals surface area contributed by atoms with Gasteiger partial charge in [-0.15, -0.1) is 0 Å². The van der Waals surface area contributed by atoms with E-state index in [-0.39, 0.29) is 43.9 Å². The first-order valence-electron chi connectivity index (χ1n) is 12.2. The minimum absolute atomic E-state index is 0.0905. The molecule has 11 nitrogen and oxygen atoms in total. The van der Waals surface area contributed by atoms with Gasteiger partial charge in [0.25, 0.3) is 5.69 Å². The average Bonchev–Trinajstić information content (AvgIpc) is 2.93. The monoisotopic (exact) mass is 543 g/mol. The second kappa shape index (κ2) is 11.3. The van der Waals surface area contributed by atoms with Gasteiger partial charge in [0, 0.05) is 38.3 Å². The van der Waals surface area contributed by atoms with E-state index in [9.17, 15) is 28.1 Å². The Hall–Kier alpha value is -3.77. The minimum Gasteiger partial charge on any atom is -0.469 e. The van der Waals surface area contributed by atoms with Crippen LogP contribution in [0, 0.1) is 15.5 Å². The molecule has 0 aliphatic carbocycles. The largest absolute Gasteiger partial charge is 0.469 e. The van der Waals surface area contributed by atoms with Crippen molar-refractivity contribution in [3.05, 3.63) is 76.4 Å². The first-order valence-corrected chi connectivity index (χ1v) is 13.8. The molecule has 4 rings (SSSR count). The van der Waals surface area contributed by atoms with Gasteiger partial charge in [-0.2, -0.15) is 4.31 Å². The summed E-state index contributed by atoms with van der Waals surface area (Å²) in [5.74, 6) is -0.894. The van der Waals surface area contributed by atoms with Gasteiger partial charge in [0.2, 0.25) is 10.0 Å². The first kappa shape index (κ1) is 27.3. The number of nitro benzene ring substituents is 1. The number of likely N-dealkylation sites (tertiary alicyclic amines) is 1. The second-order valence-corrected chi connectivity index (χ2v) is 11.3. The van der Waals surface area contributed by atoms with E-state index >= 15 is 0 Å². The van der Waals surface area contributed by atoms with E-state index in [0.717, 1.165) is 11.1 Å². The normalized spacial score (nSPS) is 17.8. The third kappa shape index (κ3) is 6.03. The summed E-state index contributed by atoms with van der Waals surface area (Å²) in [4.78, 5) is 37.1. The summed E-state index contributed by atoms with van der Waals surface area (Å²) in [7, 11) is -2.58. The number of sulfonamides is 1. The van der Waals surface area contributed by atoms with Crippen LogP contribution in [-0.4, -0.2) is 73.7 Å². The van der Waals surface area contributed by atoms with Crippen molar-refractivity contribution in [2.75, 3.05) is 39.0 Å². The Morgan fingerprint density at radius 1 is 1.03 bits per heavy atom. The lowest BCUT2D eigenvalue weighted by molar-refractivity contribution is -0.384. The highest BCUT2D eigenvalue weighted by Crippen LogP contribution is 2.36. The molecule has 2 aromatic rings. The van der Waals surface area contributed by atoms with E-state index in [1.165, 1.54) is 40.6 Å². The molecule has 1 amide bonds. The average molecular weight is 544 g/mol. The van der Waals surface area contributed by atoms with Crippen molar-refractivity contribution in [2.24, 2.45) is 5.41 Å². The molecule has 0 radical (unpaired) electrons. The highest BCUT2D eigenvalue weighted by Gasteiger charge is 2.48. The van der Waals surface area contributed by atoms with Crippen molar-refractivity contribution in [1.29, 1.82) is 0 Å². The molecule has 0 saturated carbocycles. The van der Waals surface area contributed by atoms with Crippen molar-refractivity contribution < 1.29 is 32.4 Å². The Bertz CT molecular complexity index is 1320. The fraction of sp³-hybridized carbons (Fsp3) is 0.385. The maximum atomic E-state index is 13.4. The van der Waals surface area contributed by atoms with Crippen LogP contribution in [0.2, 0.25) is 0 Å². The summed E-state index contributed by atoms with van der Waals surface area (Å²) in [5, 5.41) is 10.8. The van der Waals surface area contributed by atoms with Gasteiger partial charge < -0.3 is 14.4 Å². The van der Waals surface area contributed by atoms with Gasteiger partial charge in [0.05, 0.1) is 23.2 Å². The molecule has 2 heterocycles. The Kier molecular flexibility index (Phi) is 8.12. The molecule has 0 N–H and O–H groups in total. The molecule has 2 aliphatic rings. The summed E-state index contributed by atoms with van der Waals surface area (Å²) in [6.45, 7) is 0.717. The number of non-ortho nitro benzene ring substituents is 1. The zero-order chi connectivity index (χ0) is 27.3. The number of benzene rings is 2. The fourth-order valence-electron chi connectivity index (χ4n) is 4.80. The van der Waals surface area contributed by atoms with Crippen LogP contribution < -0.4 is 4.74 Å². The maximum Gasteiger partial charge on any atom is 0.415 e. The van der Waals surface area contributed by atoms with Crippen LogP contribution in [0.4, 0.5) is 10.5 Å². The Balaban J connectivity index is 1.40. The molecule has 0 unspecified atom stereocenters. The van der Waals surface area contributed by atoms with Crippen LogP contribution in [-0.2, 0) is 19.6 Å². The number of hydrogen-bond acceptors (Lipinski definition) is 8. The van der Waals surface area contributed by atoms with Crippen LogP contribution in [0.5, 0.6) is 5.75 Å². The van der Waals surface area contributed by atoms with Crippen LogP contribution >= 0.6 is 0 Å². The minimum atomic E-state index is -3.80. The summed E-state index contributed by atoms with van der Waals surface area (Å²) in [5.41, 5.74) is 0.719. The number of ether oxygens (including phenoxy) is 2. The maximum absolute atomic E-state index is 13.4. The van der Waals surface area contributed by atoms with E-state index in [2.05, 4.69) is 0 Å². The molecule has 12 heteroatoms. The number of carbonyl (C=O) groups is 2. The van der Waals surface area contributed by atoms with E-state index in [1.54, 1.807) is 0 Å². The van der Waals surface area contributed by atoms with Gasteiger partial charge in [0.1, 0.15) is 5.75 Å². The lowest BCUT2D eigenvalue weighted by atomic mass is 9.80.